The number of anilines is 1. The average Bonchev–Trinajstić information content (AvgIpc) is 3.30. The van der Waals surface area contributed by atoms with Gasteiger partial charge in [-0.2, -0.15) is 13.2 Å². The number of alkyl halides is 3. The van der Waals surface area contributed by atoms with Crippen LogP contribution in [0.1, 0.15) is 47.3 Å². The first-order valence-corrected chi connectivity index (χ1v) is 11.0. The van der Waals surface area contributed by atoms with E-state index in [1.165, 1.54) is 17.5 Å². The first kappa shape index (κ1) is 23.0. The van der Waals surface area contributed by atoms with E-state index in [1.807, 2.05) is 0 Å². The molecule has 1 aliphatic carbocycles. The van der Waals surface area contributed by atoms with Crippen molar-refractivity contribution in [1.29, 1.82) is 0 Å². The van der Waals surface area contributed by atoms with Crippen LogP contribution in [0.25, 0.3) is 10.8 Å². The summed E-state index contributed by atoms with van der Waals surface area (Å²) < 4.78 is 54.6. The summed E-state index contributed by atoms with van der Waals surface area (Å²) in [6.07, 6.45) is -1.71. The Kier molecular flexibility index (Phi) is 6.04. The van der Waals surface area contributed by atoms with Gasteiger partial charge in [-0.25, -0.2) is 9.37 Å². The monoisotopic (exact) mass is 481 g/mol. The fourth-order valence-corrected chi connectivity index (χ4v) is 4.01. The van der Waals surface area contributed by atoms with Crippen LogP contribution < -0.4 is 5.32 Å². The lowest BCUT2D eigenvalue weighted by molar-refractivity contribution is -0.162. The number of nitrogens with one attached hydrogen (secondary N) is 1. The molecule has 33 heavy (non-hydrogen) atoms. The van der Waals surface area contributed by atoms with E-state index in [1.54, 1.807) is 6.92 Å². The Morgan fingerprint density at radius 3 is 2.70 bits per heavy atom. The topological polar surface area (TPSA) is 89.8 Å². The Balaban J connectivity index is 1.53. The second-order valence-corrected chi connectivity index (χ2v) is 8.81. The number of ketones is 1. The van der Waals surface area contributed by atoms with Crippen molar-refractivity contribution < 1.29 is 27.2 Å². The van der Waals surface area contributed by atoms with E-state index in [9.17, 15) is 27.2 Å². The highest BCUT2D eigenvalue weighted by Crippen LogP contribution is 2.34. The van der Waals surface area contributed by atoms with Gasteiger partial charge in [0.1, 0.15) is 29.8 Å². The lowest BCUT2D eigenvalue weighted by Gasteiger charge is -2.17. The second-order valence-electron chi connectivity index (χ2n) is 7.95. The van der Waals surface area contributed by atoms with Crippen molar-refractivity contribution in [2.45, 2.75) is 45.3 Å². The van der Waals surface area contributed by atoms with Crippen molar-refractivity contribution in [1.82, 2.24) is 19.7 Å². The van der Waals surface area contributed by atoms with Crippen molar-refractivity contribution >= 4 is 28.8 Å². The highest BCUT2D eigenvalue weighted by molar-refractivity contribution is 7.13. The SMILES string of the molecule is Cc1cc(F)c(C(=O)Nc2csc(-c3nncn3[C@@H](C)C(F)(F)F)n2)cc1CC(=O)C1CC1. The van der Waals surface area contributed by atoms with Crippen LogP contribution in [0, 0.1) is 18.7 Å². The molecule has 0 saturated heterocycles. The zero-order valence-corrected chi connectivity index (χ0v) is 18.4. The molecule has 1 saturated carbocycles. The van der Waals surface area contributed by atoms with Gasteiger partial charge in [-0.05, 0) is 49.9 Å². The van der Waals surface area contributed by atoms with Crippen LogP contribution in [-0.4, -0.2) is 37.6 Å². The van der Waals surface area contributed by atoms with Crippen molar-refractivity contribution in [2.24, 2.45) is 5.92 Å². The molecule has 1 fully saturated rings. The van der Waals surface area contributed by atoms with E-state index < -0.39 is 23.9 Å². The zero-order valence-electron chi connectivity index (χ0n) is 17.6. The zero-order chi connectivity index (χ0) is 23.9. The Hall–Kier alpha value is -3.15. The minimum absolute atomic E-state index is 0.0322. The Morgan fingerprint density at radius 2 is 2.03 bits per heavy atom. The molecule has 7 nitrogen and oxygen atoms in total. The van der Waals surface area contributed by atoms with Crippen LogP contribution >= 0.6 is 11.3 Å². The van der Waals surface area contributed by atoms with Crippen LogP contribution in [0.2, 0.25) is 0 Å². The summed E-state index contributed by atoms with van der Waals surface area (Å²) in [7, 11) is 0. The van der Waals surface area contributed by atoms with Crippen LogP contribution in [0.4, 0.5) is 23.4 Å². The van der Waals surface area contributed by atoms with E-state index in [0.717, 1.165) is 42.0 Å². The molecule has 0 spiro atoms. The quantitative estimate of drug-likeness (QED) is 0.492. The molecular weight excluding hydrogens is 462 g/mol. The summed E-state index contributed by atoms with van der Waals surface area (Å²) in [5.74, 6) is -1.49. The standard InChI is InChI=1S/C21H19F4N5O2S/c1-10-5-15(22)14(6-13(10)7-16(31)12-3-4-12)19(32)27-17-8-33-20(28-17)18-29-26-9-30(18)11(2)21(23,24)25/h5-6,8-9,11-12H,3-4,7H2,1-2H3,(H,27,32)/t11-/m0/s1. The van der Waals surface area contributed by atoms with Crippen LogP contribution in [0.3, 0.4) is 0 Å². The minimum atomic E-state index is -4.51. The summed E-state index contributed by atoms with van der Waals surface area (Å²) in [6, 6.07) is 0.690. The number of carbonyl (C=O) groups excluding carboxylic acids is 2. The molecule has 2 heterocycles. The molecule has 12 heteroatoms. The molecule has 1 aliphatic rings. The number of benzene rings is 1. The number of Topliss-reactive ketones (excluding diaryl/α,β-unsaturated/α-hetero) is 1. The van der Waals surface area contributed by atoms with Gasteiger partial charge in [0.25, 0.3) is 5.91 Å². The first-order valence-electron chi connectivity index (χ1n) is 10.1. The number of aryl methyl sites for hydroxylation is 1. The maximum absolute atomic E-state index is 14.5. The summed E-state index contributed by atoms with van der Waals surface area (Å²) in [6.45, 7) is 2.64. The van der Waals surface area contributed by atoms with Gasteiger partial charge >= 0.3 is 6.18 Å². The van der Waals surface area contributed by atoms with Gasteiger partial charge in [-0.3, -0.25) is 14.2 Å². The maximum Gasteiger partial charge on any atom is 0.408 e. The molecule has 1 N–H and O–H groups in total. The fraction of sp³-hybridized carbons (Fsp3) is 0.381. The summed E-state index contributed by atoms with van der Waals surface area (Å²) in [5, 5.41) is 11.2. The highest BCUT2D eigenvalue weighted by Gasteiger charge is 2.39. The number of thiazole rings is 1. The number of hydrogen-bond donors (Lipinski definition) is 1. The van der Waals surface area contributed by atoms with Crippen molar-refractivity contribution in [2.75, 3.05) is 5.32 Å². The third kappa shape index (κ3) is 4.95. The van der Waals surface area contributed by atoms with E-state index in [2.05, 4.69) is 20.5 Å². The Labute approximate surface area is 189 Å². The lowest BCUT2D eigenvalue weighted by atomic mass is 9.98. The summed E-state index contributed by atoms with van der Waals surface area (Å²) in [5.41, 5.74) is 0.904. The van der Waals surface area contributed by atoms with E-state index in [0.29, 0.717) is 11.1 Å². The summed E-state index contributed by atoms with van der Waals surface area (Å²) >= 11 is 0.960. The molecule has 0 unspecified atom stereocenters. The number of amides is 1. The number of nitrogens with zero attached hydrogens (tertiary/aromatic N) is 4. The molecule has 4 rings (SSSR count). The second kappa shape index (κ2) is 8.65. The third-order valence-electron chi connectivity index (χ3n) is 5.47. The number of halogens is 4. The Morgan fingerprint density at radius 1 is 1.30 bits per heavy atom. The predicted molar refractivity (Wildman–Crippen MR) is 112 cm³/mol. The van der Waals surface area contributed by atoms with Gasteiger partial charge in [-0.1, -0.05) is 0 Å². The van der Waals surface area contributed by atoms with Gasteiger partial charge in [0.05, 0.1) is 5.56 Å². The van der Waals surface area contributed by atoms with E-state index in [4.69, 9.17) is 0 Å². The van der Waals surface area contributed by atoms with Gasteiger partial charge in [0.15, 0.2) is 10.8 Å². The highest BCUT2D eigenvalue weighted by atomic mass is 32.1. The average molecular weight is 481 g/mol. The maximum atomic E-state index is 14.5. The molecule has 1 aromatic carbocycles. The molecule has 1 atom stereocenters. The normalized spacial score (nSPS) is 14.8. The van der Waals surface area contributed by atoms with Gasteiger partial charge < -0.3 is 5.32 Å². The first-order chi connectivity index (χ1) is 15.5. The van der Waals surface area contributed by atoms with Crippen molar-refractivity contribution in [3.05, 3.63) is 46.3 Å². The van der Waals surface area contributed by atoms with E-state index in [-0.39, 0.29) is 40.3 Å². The van der Waals surface area contributed by atoms with Gasteiger partial charge in [0.2, 0.25) is 0 Å². The third-order valence-corrected chi connectivity index (χ3v) is 6.31. The van der Waals surface area contributed by atoms with Crippen molar-refractivity contribution in [3.63, 3.8) is 0 Å². The largest absolute Gasteiger partial charge is 0.408 e. The molecule has 1 amide bonds. The number of carbonyl (C=O) groups is 2. The predicted octanol–water partition coefficient (Wildman–Crippen LogP) is 4.75. The molecule has 2 aromatic heterocycles. The minimum Gasteiger partial charge on any atom is -0.306 e. The summed E-state index contributed by atoms with van der Waals surface area (Å²) in [4.78, 5) is 28.9. The number of hydrogen-bond acceptors (Lipinski definition) is 6. The molecular formula is C21H19F4N5O2S. The van der Waals surface area contributed by atoms with Gasteiger partial charge in [-0.15, -0.1) is 21.5 Å². The molecule has 3 aromatic rings. The molecule has 0 radical (unpaired) electrons. The number of rotatable bonds is 7. The van der Waals surface area contributed by atoms with Gasteiger partial charge in [0, 0.05) is 17.7 Å². The van der Waals surface area contributed by atoms with E-state index >= 15 is 0 Å². The molecule has 0 bridgehead atoms. The lowest BCUT2D eigenvalue weighted by Crippen LogP contribution is -2.23. The molecule has 0 aliphatic heterocycles. The molecule has 174 valence electrons. The van der Waals surface area contributed by atoms with Crippen molar-refractivity contribution in [3.8, 4) is 10.8 Å². The van der Waals surface area contributed by atoms with Crippen LogP contribution in [-0.2, 0) is 11.2 Å². The van der Waals surface area contributed by atoms with Crippen LogP contribution in [0.15, 0.2) is 23.8 Å². The smallest absolute Gasteiger partial charge is 0.306 e. The number of aromatic nitrogens is 4. The fourth-order valence-electron chi connectivity index (χ4n) is 3.27. The van der Waals surface area contributed by atoms with Crippen LogP contribution in [0.5, 0.6) is 0 Å². The Bertz CT molecular complexity index is 1220.